The molecule has 2 N–H and O–H groups in total. The molecule has 1 aromatic carbocycles. The van der Waals surface area contributed by atoms with Crippen molar-refractivity contribution in [3.05, 3.63) is 28.5 Å². The minimum atomic E-state index is -4.04. The SMILES string of the molecule is CC(C)[C@H](NS(=O)(=O)c1ccc(F)cc1Br)C(=O)O. The molecule has 0 aliphatic carbocycles. The van der Waals surface area contributed by atoms with E-state index in [0.29, 0.717) is 0 Å². The van der Waals surface area contributed by atoms with Crippen molar-refractivity contribution in [1.29, 1.82) is 0 Å². The van der Waals surface area contributed by atoms with E-state index in [0.717, 1.165) is 18.2 Å². The fraction of sp³-hybridized carbons (Fsp3) is 0.364. The Balaban J connectivity index is 3.14. The van der Waals surface area contributed by atoms with Crippen LogP contribution in [0.4, 0.5) is 4.39 Å². The van der Waals surface area contributed by atoms with Gasteiger partial charge in [-0.15, -0.1) is 0 Å². The molecule has 0 spiro atoms. The van der Waals surface area contributed by atoms with Crippen LogP contribution >= 0.6 is 15.9 Å². The van der Waals surface area contributed by atoms with Crippen LogP contribution in [-0.2, 0) is 14.8 Å². The first kappa shape index (κ1) is 16.1. The van der Waals surface area contributed by atoms with Crippen LogP contribution in [0.1, 0.15) is 13.8 Å². The molecule has 0 aliphatic rings. The Bertz CT molecular complexity index is 588. The number of hydrogen-bond acceptors (Lipinski definition) is 3. The van der Waals surface area contributed by atoms with E-state index < -0.39 is 33.8 Å². The molecular weight excluding hydrogens is 341 g/mol. The molecule has 0 aromatic heterocycles. The molecule has 8 heteroatoms. The zero-order valence-corrected chi connectivity index (χ0v) is 12.6. The van der Waals surface area contributed by atoms with Gasteiger partial charge in [-0.2, -0.15) is 4.72 Å². The fourth-order valence-electron chi connectivity index (χ4n) is 1.40. The van der Waals surface area contributed by atoms with Crippen molar-refractivity contribution in [3.8, 4) is 0 Å². The van der Waals surface area contributed by atoms with Gasteiger partial charge in [-0.1, -0.05) is 13.8 Å². The van der Waals surface area contributed by atoms with E-state index in [1.807, 2.05) is 0 Å². The number of nitrogens with one attached hydrogen (secondary N) is 1. The van der Waals surface area contributed by atoms with Crippen LogP contribution in [-0.4, -0.2) is 25.5 Å². The normalized spacial score (nSPS) is 13.5. The van der Waals surface area contributed by atoms with Crippen molar-refractivity contribution < 1.29 is 22.7 Å². The third-order valence-electron chi connectivity index (χ3n) is 2.40. The van der Waals surface area contributed by atoms with E-state index >= 15 is 0 Å². The van der Waals surface area contributed by atoms with Crippen LogP contribution in [0.5, 0.6) is 0 Å². The first-order valence-corrected chi connectivity index (χ1v) is 7.63. The molecule has 1 rings (SSSR count). The van der Waals surface area contributed by atoms with Crippen LogP contribution in [0.15, 0.2) is 27.6 Å². The van der Waals surface area contributed by atoms with Crippen LogP contribution in [0.2, 0.25) is 0 Å². The average Bonchev–Trinajstić information content (AvgIpc) is 2.24. The van der Waals surface area contributed by atoms with Crippen molar-refractivity contribution in [2.45, 2.75) is 24.8 Å². The third-order valence-corrected chi connectivity index (χ3v) is 4.82. The maximum atomic E-state index is 12.9. The summed E-state index contributed by atoms with van der Waals surface area (Å²) in [5, 5.41) is 8.97. The fourth-order valence-corrected chi connectivity index (χ4v) is 3.78. The highest BCUT2D eigenvalue weighted by atomic mass is 79.9. The van der Waals surface area contributed by atoms with Crippen LogP contribution in [0.3, 0.4) is 0 Å². The quantitative estimate of drug-likeness (QED) is 0.847. The lowest BCUT2D eigenvalue weighted by atomic mass is 10.1. The van der Waals surface area contributed by atoms with Crippen LogP contribution in [0.25, 0.3) is 0 Å². The van der Waals surface area contributed by atoms with E-state index in [4.69, 9.17) is 5.11 Å². The summed E-state index contributed by atoms with van der Waals surface area (Å²) in [6.07, 6.45) is 0. The van der Waals surface area contributed by atoms with Crippen LogP contribution in [0, 0.1) is 11.7 Å². The predicted molar refractivity (Wildman–Crippen MR) is 70.7 cm³/mol. The minimum Gasteiger partial charge on any atom is -0.480 e. The Kier molecular flexibility index (Phi) is 5.05. The largest absolute Gasteiger partial charge is 0.480 e. The van der Waals surface area contributed by atoms with E-state index in [1.165, 1.54) is 0 Å². The third kappa shape index (κ3) is 3.99. The second kappa shape index (κ2) is 5.98. The van der Waals surface area contributed by atoms with Crippen molar-refractivity contribution in [1.82, 2.24) is 4.72 Å². The second-order valence-corrected chi connectivity index (χ2v) is 6.79. The van der Waals surface area contributed by atoms with E-state index in [-0.39, 0.29) is 9.37 Å². The van der Waals surface area contributed by atoms with Crippen molar-refractivity contribution >= 4 is 31.9 Å². The number of sulfonamides is 1. The first-order chi connectivity index (χ1) is 8.65. The Morgan fingerprint density at radius 1 is 1.42 bits per heavy atom. The molecule has 0 saturated carbocycles. The predicted octanol–water partition coefficient (Wildman–Crippen LogP) is 1.98. The van der Waals surface area contributed by atoms with Gasteiger partial charge in [0, 0.05) is 4.47 Å². The molecule has 0 unspecified atom stereocenters. The second-order valence-electron chi connectivity index (χ2n) is 4.26. The average molecular weight is 354 g/mol. The molecule has 0 fully saturated rings. The highest BCUT2D eigenvalue weighted by Gasteiger charge is 2.29. The van der Waals surface area contributed by atoms with Crippen molar-refractivity contribution in [2.75, 3.05) is 0 Å². The number of carboxylic acid groups (broad SMARTS) is 1. The summed E-state index contributed by atoms with van der Waals surface area (Å²) in [5.74, 6) is -2.28. The molecule has 1 atom stereocenters. The van der Waals surface area contributed by atoms with Gasteiger partial charge in [0.25, 0.3) is 0 Å². The van der Waals surface area contributed by atoms with Crippen molar-refractivity contribution in [2.24, 2.45) is 5.92 Å². The number of halogens is 2. The van der Waals surface area contributed by atoms with Gasteiger partial charge in [0.1, 0.15) is 11.9 Å². The van der Waals surface area contributed by atoms with Gasteiger partial charge >= 0.3 is 5.97 Å². The summed E-state index contributed by atoms with van der Waals surface area (Å²) >= 11 is 2.94. The van der Waals surface area contributed by atoms with E-state index in [1.54, 1.807) is 13.8 Å². The zero-order chi connectivity index (χ0) is 14.8. The van der Waals surface area contributed by atoms with Gasteiger partial charge in [0.15, 0.2) is 0 Å². The lowest BCUT2D eigenvalue weighted by Crippen LogP contribution is -2.44. The maximum Gasteiger partial charge on any atom is 0.322 e. The summed E-state index contributed by atoms with van der Waals surface area (Å²) in [6.45, 7) is 3.17. The Morgan fingerprint density at radius 2 is 2.00 bits per heavy atom. The summed E-state index contributed by atoms with van der Waals surface area (Å²) in [4.78, 5) is 10.8. The minimum absolute atomic E-state index is 0.0351. The standard InChI is InChI=1S/C11H13BrFNO4S/c1-6(2)10(11(15)16)14-19(17,18)9-4-3-7(13)5-8(9)12/h3-6,10,14H,1-2H3,(H,15,16)/t10-/m0/s1. The van der Waals surface area contributed by atoms with Gasteiger partial charge in [-0.25, -0.2) is 12.8 Å². The molecule has 0 radical (unpaired) electrons. The monoisotopic (exact) mass is 353 g/mol. The molecule has 0 amide bonds. The van der Waals surface area contributed by atoms with Crippen LogP contribution < -0.4 is 4.72 Å². The van der Waals surface area contributed by atoms with Gasteiger partial charge in [-0.3, -0.25) is 4.79 Å². The topological polar surface area (TPSA) is 83.5 Å². The Morgan fingerprint density at radius 3 is 2.42 bits per heavy atom. The maximum absolute atomic E-state index is 12.9. The summed E-state index contributed by atoms with van der Waals surface area (Å²) in [7, 11) is -4.04. The molecule has 0 bridgehead atoms. The number of carbonyl (C=O) groups is 1. The van der Waals surface area contributed by atoms with E-state index in [2.05, 4.69) is 20.7 Å². The Hall–Kier alpha value is -0.990. The van der Waals surface area contributed by atoms with Gasteiger partial charge in [0.2, 0.25) is 10.0 Å². The summed E-state index contributed by atoms with van der Waals surface area (Å²) in [5.41, 5.74) is 0. The van der Waals surface area contributed by atoms with Crippen molar-refractivity contribution in [3.63, 3.8) is 0 Å². The zero-order valence-electron chi connectivity index (χ0n) is 10.2. The first-order valence-electron chi connectivity index (χ1n) is 5.35. The summed E-state index contributed by atoms with van der Waals surface area (Å²) in [6, 6.07) is 1.81. The number of benzene rings is 1. The number of hydrogen-bond donors (Lipinski definition) is 2. The summed E-state index contributed by atoms with van der Waals surface area (Å²) < 4.78 is 39.2. The molecule has 106 valence electrons. The van der Waals surface area contributed by atoms with E-state index in [9.17, 15) is 17.6 Å². The number of carboxylic acids is 1. The smallest absolute Gasteiger partial charge is 0.322 e. The molecule has 0 saturated heterocycles. The molecule has 0 heterocycles. The molecule has 0 aliphatic heterocycles. The van der Waals surface area contributed by atoms with Gasteiger partial charge < -0.3 is 5.11 Å². The number of rotatable bonds is 5. The molecule has 1 aromatic rings. The van der Waals surface area contributed by atoms with Gasteiger partial charge in [0.05, 0.1) is 4.90 Å². The molecule has 19 heavy (non-hydrogen) atoms. The highest BCUT2D eigenvalue weighted by molar-refractivity contribution is 9.10. The number of aliphatic carboxylic acids is 1. The van der Waals surface area contributed by atoms with Gasteiger partial charge in [-0.05, 0) is 40.0 Å². The lowest BCUT2D eigenvalue weighted by Gasteiger charge is -2.18. The molecule has 5 nitrogen and oxygen atoms in total. The highest BCUT2D eigenvalue weighted by Crippen LogP contribution is 2.23. The lowest BCUT2D eigenvalue weighted by molar-refractivity contribution is -0.140. The molecular formula is C11H13BrFNO4S. The Labute approximate surface area is 119 Å².